The van der Waals surface area contributed by atoms with E-state index in [1.807, 2.05) is 23.9 Å². The van der Waals surface area contributed by atoms with E-state index < -0.39 is 5.97 Å². The fourth-order valence-electron chi connectivity index (χ4n) is 1.77. The predicted molar refractivity (Wildman–Crippen MR) is 58.8 cm³/mol. The SMILES string of the molecule is Cn1ccc2cc(F)c(CCC(=O)O)cc21. The summed E-state index contributed by atoms with van der Waals surface area (Å²) in [5.41, 5.74) is 1.37. The number of benzene rings is 1. The minimum atomic E-state index is -0.911. The largest absolute Gasteiger partial charge is 0.481 e. The summed E-state index contributed by atoms with van der Waals surface area (Å²) in [6.07, 6.45) is 2.03. The second kappa shape index (κ2) is 3.96. The number of fused-ring (bicyclic) bond motifs is 1. The van der Waals surface area contributed by atoms with Crippen LogP contribution >= 0.6 is 0 Å². The van der Waals surface area contributed by atoms with Crippen LogP contribution in [-0.4, -0.2) is 15.6 Å². The highest BCUT2D eigenvalue weighted by Gasteiger charge is 2.08. The Labute approximate surface area is 92.1 Å². The van der Waals surface area contributed by atoms with Gasteiger partial charge < -0.3 is 9.67 Å². The van der Waals surface area contributed by atoms with Crippen molar-refractivity contribution in [2.24, 2.45) is 7.05 Å². The first-order valence-electron chi connectivity index (χ1n) is 5.03. The molecular weight excluding hydrogens is 209 g/mol. The Hall–Kier alpha value is -1.84. The summed E-state index contributed by atoms with van der Waals surface area (Å²) in [7, 11) is 1.88. The Kier molecular flexibility index (Phi) is 2.64. The molecule has 0 saturated carbocycles. The highest BCUT2D eigenvalue weighted by atomic mass is 19.1. The third-order valence-electron chi connectivity index (χ3n) is 2.66. The molecule has 1 heterocycles. The maximum atomic E-state index is 13.6. The quantitative estimate of drug-likeness (QED) is 0.864. The summed E-state index contributed by atoms with van der Waals surface area (Å²) >= 11 is 0. The van der Waals surface area contributed by atoms with Crippen LogP contribution in [0.2, 0.25) is 0 Å². The fourth-order valence-corrected chi connectivity index (χ4v) is 1.77. The number of hydrogen-bond donors (Lipinski definition) is 1. The number of carbonyl (C=O) groups is 1. The van der Waals surface area contributed by atoms with Crippen LogP contribution in [0.25, 0.3) is 10.9 Å². The predicted octanol–water partition coefficient (Wildman–Crippen LogP) is 2.33. The first-order chi connectivity index (χ1) is 7.58. The Morgan fingerprint density at radius 3 is 2.94 bits per heavy atom. The van der Waals surface area contributed by atoms with E-state index >= 15 is 0 Å². The lowest BCUT2D eigenvalue weighted by Crippen LogP contribution is -2.00. The molecule has 0 amide bonds. The molecule has 0 atom stereocenters. The third kappa shape index (κ3) is 1.91. The lowest BCUT2D eigenvalue weighted by atomic mass is 10.1. The lowest BCUT2D eigenvalue weighted by molar-refractivity contribution is -0.136. The molecule has 0 unspecified atom stereocenters. The number of halogens is 1. The summed E-state index contributed by atoms with van der Waals surface area (Å²) in [5, 5.41) is 9.40. The topological polar surface area (TPSA) is 42.2 Å². The molecule has 1 aromatic carbocycles. The smallest absolute Gasteiger partial charge is 0.303 e. The van der Waals surface area contributed by atoms with Crippen molar-refractivity contribution in [2.75, 3.05) is 0 Å². The molecule has 2 aromatic rings. The van der Waals surface area contributed by atoms with Crippen molar-refractivity contribution in [1.29, 1.82) is 0 Å². The van der Waals surface area contributed by atoms with E-state index in [2.05, 4.69) is 0 Å². The van der Waals surface area contributed by atoms with Gasteiger partial charge in [0.25, 0.3) is 0 Å². The summed E-state index contributed by atoms with van der Waals surface area (Å²) in [6.45, 7) is 0. The molecule has 84 valence electrons. The summed E-state index contributed by atoms with van der Waals surface area (Å²) in [4.78, 5) is 10.4. The van der Waals surface area contributed by atoms with E-state index in [4.69, 9.17) is 5.11 Å². The Morgan fingerprint density at radius 2 is 2.25 bits per heavy atom. The van der Waals surface area contributed by atoms with E-state index in [1.165, 1.54) is 6.07 Å². The summed E-state index contributed by atoms with van der Waals surface area (Å²) < 4.78 is 15.5. The molecular formula is C12H12FNO2. The molecule has 0 fully saturated rings. The molecule has 0 bridgehead atoms. The van der Waals surface area contributed by atoms with Gasteiger partial charge in [0.1, 0.15) is 5.82 Å². The molecule has 0 spiro atoms. The molecule has 4 heteroatoms. The molecule has 0 aliphatic carbocycles. The minimum absolute atomic E-state index is 0.0488. The number of aryl methyl sites for hydroxylation is 2. The van der Waals surface area contributed by atoms with Gasteiger partial charge in [-0.05, 0) is 30.2 Å². The minimum Gasteiger partial charge on any atom is -0.481 e. The van der Waals surface area contributed by atoms with Gasteiger partial charge in [-0.2, -0.15) is 0 Å². The first-order valence-corrected chi connectivity index (χ1v) is 5.03. The van der Waals surface area contributed by atoms with Gasteiger partial charge >= 0.3 is 5.97 Å². The van der Waals surface area contributed by atoms with Crippen molar-refractivity contribution in [3.63, 3.8) is 0 Å². The Bertz CT molecular complexity index is 545. The van der Waals surface area contributed by atoms with E-state index in [9.17, 15) is 9.18 Å². The van der Waals surface area contributed by atoms with Crippen LogP contribution in [0, 0.1) is 5.82 Å². The van der Waals surface area contributed by atoms with Crippen LogP contribution in [0.1, 0.15) is 12.0 Å². The van der Waals surface area contributed by atoms with E-state index in [0.29, 0.717) is 5.56 Å². The van der Waals surface area contributed by atoms with Crippen LogP contribution in [0.5, 0.6) is 0 Å². The standard InChI is InChI=1S/C12H12FNO2/c1-14-5-4-9-6-10(13)8(7-11(9)14)2-3-12(15)16/h4-7H,2-3H2,1H3,(H,15,16). The van der Waals surface area contributed by atoms with Crippen molar-refractivity contribution < 1.29 is 14.3 Å². The van der Waals surface area contributed by atoms with Crippen molar-refractivity contribution in [2.45, 2.75) is 12.8 Å². The number of carboxylic acid groups (broad SMARTS) is 1. The summed E-state index contributed by atoms with van der Waals surface area (Å²) in [5.74, 6) is -1.24. The Balaban J connectivity index is 2.40. The normalized spacial score (nSPS) is 10.9. The van der Waals surface area contributed by atoms with Crippen LogP contribution in [0.15, 0.2) is 24.4 Å². The van der Waals surface area contributed by atoms with Crippen LogP contribution in [0.4, 0.5) is 4.39 Å². The monoisotopic (exact) mass is 221 g/mol. The van der Waals surface area contributed by atoms with Gasteiger partial charge in [-0.1, -0.05) is 0 Å². The van der Waals surface area contributed by atoms with Crippen molar-refractivity contribution >= 4 is 16.9 Å². The van der Waals surface area contributed by atoms with Gasteiger partial charge in [0.15, 0.2) is 0 Å². The van der Waals surface area contributed by atoms with Crippen LogP contribution in [-0.2, 0) is 18.3 Å². The van der Waals surface area contributed by atoms with Crippen LogP contribution < -0.4 is 0 Å². The number of aliphatic carboxylic acids is 1. The van der Waals surface area contributed by atoms with Crippen LogP contribution in [0.3, 0.4) is 0 Å². The number of rotatable bonds is 3. The molecule has 16 heavy (non-hydrogen) atoms. The van der Waals surface area contributed by atoms with Crippen molar-refractivity contribution in [1.82, 2.24) is 4.57 Å². The number of carboxylic acids is 1. The molecule has 1 aromatic heterocycles. The van der Waals surface area contributed by atoms with Gasteiger partial charge in [-0.3, -0.25) is 4.79 Å². The van der Waals surface area contributed by atoms with E-state index in [1.54, 1.807) is 6.07 Å². The molecule has 0 aliphatic heterocycles. The zero-order chi connectivity index (χ0) is 11.7. The molecule has 3 nitrogen and oxygen atoms in total. The van der Waals surface area contributed by atoms with Crippen molar-refractivity contribution in [3.8, 4) is 0 Å². The highest BCUT2D eigenvalue weighted by Crippen LogP contribution is 2.20. The van der Waals surface area contributed by atoms with Gasteiger partial charge in [0.2, 0.25) is 0 Å². The molecule has 0 saturated heterocycles. The average molecular weight is 221 g/mol. The van der Waals surface area contributed by atoms with Crippen molar-refractivity contribution in [3.05, 3.63) is 35.8 Å². The average Bonchev–Trinajstić information content (AvgIpc) is 2.56. The number of hydrogen-bond acceptors (Lipinski definition) is 1. The molecule has 0 radical (unpaired) electrons. The van der Waals surface area contributed by atoms with E-state index in [0.717, 1.165) is 10.9 Å². The van der Waals surface area contributed by atoms with E-state index in [-0.39, 0.29) is 18.7 Å². The van der Waals surface area contributed by atoms with Gasteiger partial charge in [-0.25, -0.2) is 4.39 Å². The fraction of sp³-hybridized carbons (Fsp3) is 0.250. The first kappa shape index (κ1) is 10.7. The maximum absolute atomic E-state index is 13.6. The molecule has 2 rings (SSSR count). The van der Waals surface area contributed by atoms with Gasteiger partial charge in [-0.15, -0.1) is 0 Å². The molecule has 0 aliphatic rings. The third-order valence-corrected chi connectivity index (χ3v) is 2.66. The Morgan fingerprint density at radius 1 is 1.50 bits per heavy atom. The number of aromatic nitrogens is 1. The second-order valence-corrected chi connectivity index (χ2v) is 3.82. The van der Waals surface area contributed by atoms with Gasteiger partial charge in [0.05, 0.1) is 0 Å². The summed E-state index contributed by atoms with van der Waals surface area (Å²) in [6, 6.07) is 5.00. The number of nitrogens with zero attached hydrogens (tertiary/aromatic N) is 1. The second-order valence-electron chi connectivity index (χ2n) is 3.82. The van der Waals surface area contributed by atoms with Gasteiger partial charge in [0, 0.05) is 30.6 Å². The molecule has 1 N–H and O–H groups in total. The zero-order valence-electron chi connectivity index (χ0n) is 8.90. The lowest BCUT2D eigenvalue weighted by Gasteiger charge is -2.03. The highest BCUT2D eigenvalue weighted by molar-refractivity contribution is 5.81. The zero-order valence-corrected chi connectivity index (χ0v) is 8.90. The maximum Gasteiger partial charge on any atom is 0.303 e.